The Morgan fingerprint density at radius 1 is 1.21 bits per heavy atom. The molecule has 1 fully saturated rings. The number of nitrogens with one attached hydrogen (secondary N) is 1. The van der Waals surface area contributed by atoms with Crippen molar-refractivity contribution in [3.8, 4) is 22.6 Å². The largest absolute Gasteiger partial charge is 0.484 e. The molecule has 33 heavy (non-hydrogen) atoms. The molecule has 3 heterocycles. The molecule has 0 saturated carbocycles. The van der Waals surface area contributed by atoms with Crippen LogP contribution in [0.2, 0.25) is 10.0 Å². The van der Waals surface area contributed by atoms with E-state index in [1.807, 2.05) is 18.2 Å². The molecule has 1 spiro atoms. The van der Waals surface area contributed by atoms with Crippen molar-refractivity contribution in [3.05, 3.63) is 69.6 Å². The van der Waals surface area contributed by atoms with Gasteiger partial charge in [-0.3, -0.25) is 0 Å². The van der Waals surface area contributed by atoms with Crippen molar-refractivity contribution in [3.63, 3.8) is 0 Å². The molecular weight excluding hydrogens is 466 g/mol. The van der Waals surface area contributed by atoms with Crippen molar-refractivity contribution in [1.82, 2.24) is 10.3 Å². The fourth-order valence-corrected chi connectivity index (χ4v) is 5.07. The third-order valence-corrected chi connectivity index (χ3v) is 6.94. The molecule has 6 nitrogen and oxygen atoms in total. The summed E-state index contributed by atoms with van der Waals surface area (Å²) in [5.41, 5.74) is 15.3. The zero-order valence-corrected chi connectivity index (χ0v) is 19.4. The molecule has 0 aliphatic carbocycles. The van der Waals surface area contributed by atoms with E-state index in [0.717, 1.165) is 42.0 Å². The van der Waals surface area contributed by atoms with Gasteiger partial charge in [0.15, 0.2) is 11.6 Å². The van der Waals surface area contributed by atoms with Crippen LogP contribution in [0, 0.1) is 5.82 Å². The minimum Gasteiger partial charge on any atom is -0.484 e. The molecule has 3 aromatic rings. The number of hydrogen-bond acceptors (Lipinski definition) is 6. The average molecular weight is 489 g/mol. The second kappa shape index (κ2) is 8.33. The molecule has 5 rings (SSSR count). The van der Waals surface area contributed by atoms with Crippen LogP contribution in [-0.4, -0.2) is 23.7 Å². The fraction of sp³-hybridized carbons (Fsp3) is 0.292. The molecule has 0 bridgehead atoms. The van der Waals surface area contributed by atoms with E-state index in [4.69, 9.17) is 44.1 Å². The van der Waals surface area contributed by atoms with Gasteiger partial charge in [-0.25, -0.2) is 9.37 Å². The van der Waals surface area contributed by atoms with Gasteiger partial charge in [-0.15, -0.1) is 0 Å². The molecule has 9 heteroatoms. The number of halogens is 3. The highest BCUT2D eigenvalue weighted by atomic mass is 35.5. The number of anilines is 1. The predicted molar refractivity (Wildman–Crippen MR) is 127 cm³/mol. The van der Waals surface area contributed by atoms with Crippen LogP contribution in [0.15, 0.2) is 42.6 Å². The fourth-order valence-electron chi connectivity index (χ4n) is 4.39. The highest BCUT2D eigenvalue weighted by Gasteiger charge is 2.44. The first-order valence-electron chi connectivity index (χ1n) is 10.6. The Balaban J connectivity index is 1.44. The number of benzene rings is 2. The van der Waals surface area contributed by atoms with Crippen LogP contribution in [0.4, 0.5) is 10.2 Å². The zero-order chi connectivity index (χ0) is 23.3. The molecular formula is C24H23Cl2FN4O2. The van der Waals surface area contributed by atoms with Gasteiger partial charge < -0.3 is 26.3 Å². The topological polar surface area (TPSA) is 95.4 Å². The first kappa shape index (κ1) is 22.2. The predicted octanol–water partition coefficient (Wildman–Crippen LogP) is 5.04. The molecule has 5 N–H and O–H groups in total. The van der Waals surface area contributed by atoms with Crippen molar-refractivity contribution < 1.29 is 13.9 Å². The smallest absolute Gasteiger partial charge is 0.166 e. The summed E-state index contributed by atoms with van der Waals surface area (Å²) in [6.45, 7) is 3.34. The van der Waals surface area contributed by atoms with E-state index in [-0.39, 0.29) is 22.5 Å². The van der Waals surface area contributed by atoms with E-state index >= 15 is 0 Å². The highest BCUT2D eigenvalue weighted by molar-refractivity contribution is 6.36. The Hall–Kier alpha value is -2.58. The molecule has 1 unspecified atom stereocenters. The number of nitrogen functional groups attached to an aromatic ring is 1. The maximum Gasteiger partial charge on any atom is 0.166 e. The lowest BCUT2D eigenvalue weighted by Crippen LogP contribution is -2.65. The summed E-state index contributed by atoms with van der Waals surface area (Å²) in [4.78, 5) is 4.28. The number of nitrogens with zero attached hydrogens (tertiary/aromatic N) is 1. The van der Waals surface area contributed by atoms with Gasteiger partial charge in [0.2, 0.25) is 0 Å². The van der Waals surface area contributed by atoms with Crippen LogP contribution in [0.3, 0.4) is 0 Å². The first-order chi connectivity index (χ1) is 15.8. The maximum atomic E-state index is 14.0. The number of aromatic nitrogens is 1. The molecule has 2 aliphatic heterocycles. The second-order valence-electron chi connectivity index (χ2n) is 8.58. The first-order valence-corrected chi connectivity index (χ1v) is 11.4. The Labute approximate surface area is 201 Å². The third kappa shape index (κ3) is 3.99. The van der Waals surface area contributed by atoms with Crippen LogP contribution in [0.1, 0.15) is 36.6 Å². The summed E-state index contributed by atoms with van der Waals surface area (Å²) in [5.74, 6) is 0.780. The number of nitrogens with two attached hydrogens (primary N) is 2. The summed E-state index contributed by atoms with van der Waals surface area (Å²) in [6.07, 6.45) is 1.78. The molecule has 2 atom stereocenters. The number of fused-ring (bicyclic) bond motifs is 1. The quantitative estimate of drug-likeness (QED) is 0.445. The van der Waals surface area contributed by atoms with Crippen LogP contribution < -0.4 is 26.3 Å². The minimum atomic E-state index is -0.655. The Kier molecular flexibility index (Phi) is 5.61. The van der Waals surface area contributed by atoms with Gasteiger partial charge >= 0.3 is 0 Å². The van der Waals surface area contributed by atoms with E-state index in [1.54, 1.807) is 19.2 Å². The average Bonchev–Trinajstić information content (AvgIpc) is 2.77. The highest BCUT2D eigenvalue weighted by Crippen LogP contribution is 2.43. The SMILES string of the molecule is C[C@@H](Oc1cc(-c2ccc3c(c2)C(N)CC2(CNC2)O3)cnc1N)c1c(Cl)ccc(F)c1Cl. The lowest BCUT2D eigenvalue weighted by molar-refractivity contribution is -0.0108. The van der Waals surface area contributed by atoms with Crippen LogP contribution in [0.5, 0.6) is 11.5 Å². The molecule has 0 amide bonds. The lowest BCUT2D eigenvalue weighted by Gasteiger charge is -2.47. The van der Waals surface area contributed by atoms with E-state index in [1.165, 1.54) is 12.1 Å². The normalized spacial score (nSPS) is 19.4. The van der Waals surface area contributed by atoms with Crippen molar-refractivity contribution in [2.45, 2.75) is 31.1 Å². The van der Waals surface area contributed by atoms with Gasteiger partial charge in [0.05, 0.1) is 5.02 Å². The standard InChI is InChI=1S/C24H23Cl2FN4O2/c1-12(21-16(25)3-4-17(27)22(21)26)32-20-7-14(9-31-23(20)29)13-2-5-19-15(6-13)18(28)8-24(33-19)10-30-11-24/h2-7,9,12,18,30H,8,10-11,28H2,1H3,(H2,29,31)/t12-,18?/m1/s1. The monoisotopic (exact) mass is 488 g/mol. The van der Waals surface area contributed by atoms with Crippen molar-refractivity contribution >= 4 is 29.0 Å². The van der Waals surface area contributed by atoms with Gasteiger partial charge in [0.25, 0.3) is 0 Å². The van der Waals surface area contributed by atoms with Crippen molar-refractivity contribution in [2.75, 3.05) is 18.8 Å². The lowest BCUT2D eigenvalue weighted by atomic mass is 9.83. The molecule has 172 valence electrons. The maximum absolute atomic E-state index is 14.0. The van der Waals surface area contributed by atoms with Gasteiger partial charge in [0.1, 0.15) is 23.3 Å². The molecule has 1 saturated heterocycles. The minimum absolute atomic E-state index is 0.0826. The molecule has 2 aromatic carbocycles. The third-order valence-electron chi connectivity index (χ3n) is 6.23. The van der Waals surface area contributed by atoms with Crippen LogP contribution >= 0.6 is 23.2 Å². The Bertz CT molecular complexity index is 1240. The number of pyridine rings is 1. The second-order valence-corrected chi connectivity index (χ2v) is 9.36. The van der Waals surface area contributed by atoms with E-state index in [0.29, 0.717) is 16.3 Å². The summed E-state index contributed by atoms with van der Waals surface area (Å²) >= 11 is 12.4. The zero-order valence-electron chi connectivity index (χ0n) is 17.9. The van der Waals surface area contributed by atoms with Gasteiger partial charge in [-0.05, 0) is 42.8 Å². The Morgan fingerprint density at radius 3 is 2.73 bits per heavy atom. The summed E-state index contributed by atoms with van der Waals surface area (Å²) in [6, 6.07) is 10.2. The number of hydrogen-bond donors (Lipinski definition) is 3. The molecule has 0 radical (unpaired) electrons. The van der Waals surface area contributed by atoms with E-state index in [9.17, 15) is 4.39 Å². The number of ether oxygens (including phenoxy) is 2. The van der Waals surface area contributed by atoms with Gasteiger partial charge in [0, 0.05) is 53.5 Å². The summed E-state index contributed by atoms with van der Waals surface area (Å²) in [5, 5.41) is 3.48. The molecule has 2 aliphatic rings. The summed E-state index contributed by atoms with van der Waals surface area (Å²) in [7, 11) is 0. The van der Waals surface area contributed by atoms with Crippen LogP contribution in [-0.2, 0) is 0 Å². The van der Waals surface area contributed by atoms with Crippen LogP contribution in [0.25, 0.3) is 11.1 Å². The molecule has 1 aromatic heterocycles. The van der Waals surface area contributed by atoms with Crippen molar-refractivity contribution in [1.29, 1.82) is 0 Å². The van der Waals surface area contributed by atoms with Gasteiger partial charge in [-0.2, -0.15) is 0 Å². The van der Waals surface area contributed by atoms with E-state index < -0.39 is 11.9 Å². The Morgan fingerprint density at radius 2 is 2.00 bits per heavy atom. The van der Waals surface area contributed by atoms with Gasteiger partial charge in [-0.1, -0.05) is 29.3 Å². The number of rotatable bonds is 4. The van der Waals surface area contributed by atoms with E-state index in [2.05, 4.69) is 10.3 Å². The van der Waals surface area contributed by atoms with Crippen molar-refractivity contribution in [2.24, 2.45) is 5.73 Å². The summed E-state index contributed by atoms with van der Waals surface area (Å²) < 4.78 is 26.2.